The van der Waals surface area contributed by atoms with E-state index in [9.17, 15) is 0 Å². The summed E-state index contributed by atoms with van der Waals surface area (Å²) in [5.74, 6) is 0.555. The zero-order valence-corrected chi connectivity index (χ0v) is 15.0. The molecule has 0 rings (SSSR count). The van der Waals surface area contributed by atoms with E-state index in [4.69, 9.17) is 60.7 Å². The molecule has 3 nitrogen and oxygen atoms in total. The van der Waals surface area contributed by atoms with Gasteiger partial charge in [0.25, 0.3) is 0 Å². The van der Waals surface area contributed by atoms with Crippen molar-refractivity contribution in [1.82, 2.24) is 0 Å². The minimum absolute atomic E-state index is 0.164. The van der Waals surface area contributed by atoms with Crippen LogP contribution >= 0.6 is 55.0 Å². The number of rotatable bonds is 10. The van der Waals surface area contributed by atoms with Gasteiger partial charge in [-0.05, 0) is 26.7 Å². The Balaban J connectivity index is 4.21. The van der Waals surface area contributed by atoms with Crippen LogP contribution < -0.4 is 0 Å². The molecule has 8 heteroatoms. The maximum Gasteiger partial charge on any atom is 0.327 e. The highest BCUT2D eigenvalue weighted by Gasteiger charge is 2.34. The summed E-state index contributed by atoms with van der Waals surface area (Å²) in [6.45, 7) is 3.61. The van der Waals surface area contributed by atoms with Gasteiger partial charge in [-0.3, -0.25) is 0 Å². The van der Waals surface area contributed by atoms with Crippen LogP contribution in [0.5, 0.6) is 0 Å². The van der Waals surface area contributed by atoms with E-state index in [0.29, 0.717) is 12.3 Å². The van der Waals surface area contributed by atoms with Crippen molar-refractivity contribution in [2.45, 2.75) is 55.4 Å². The summed E-state index contributed by atoms with van der Waals surface area (Å²) in [5, 5.41) is 0. The smallest absolute Gasteiger partial charge is 0.327 e. The Morgan fingerprint density at radius 3 is 2.11 bits per heavy atom. The van der Waals surface area contributed by atoms with Crippen molar-refractivity contribution in [3.05, 3.63) is 0 Å². The first-order valence-corrected chi connectivity index (χ1v) is 8.98. The molecule has 3 unspecified atom stereocenters. The van der Waals surface area contributed by atoms with Crippen molar-refractivity contribution in [3.63, 3.8) is 0 Å². The van der Waals surface area contributed by atoms with Gasteiger partial charge >= 0.3 is 8.60 Å². The third kappa shape index (κ3) is 9.16. The van der Waals surface area contributed by atoms with E-state index < -0.39 is 24.5 Å². The van der Waals surface area contributed by atoms with Crippen LogP contribution in [0, 0.1) is 0 Å². The highest BCUT2D eigenvalue weighted by atomic mass is 35.5. The lowest BCUT2D eigenvalue weighted by Gasteiger charge is -2.30. The molecular weight excluding hydrogens is 353 g/mol. The van der Waals surface area contributed by atoms with Crippen molar-refractivity contribution < 1.29 is 14.3 Å². The Morgan fingerprint density at radius 1 is 1.11 bits per heavy atom. The molecule has 0 heterocycles. The molecule has 0 amide bonds. The first kappa shape index (κ1) is 20.5. The van der Waals surface area contributed by atoms with Gasteiger partial charge in [-0.2, -0.15) is 0 Å². The fourth-order valence-electron chi connectivity index (χ4n) is 1.55. The highest BCUT2D eigenvalue weighted by molar-refractivity contribution is 7.39. The van der Waals surface area contributed by atoms with Crippen LogP contribution in [0.15, 0.2) is 0 Å². The van der Waals surface area contributed by atoms with E-state index >= 15 is 0 Å². The van der Waals surface area contributed by atoms with Crippen LogP contribution in [0.2, 0.25) is 0 Å². The average Bonchev–Trinajstić information content (AvgIpc) is 2.32. The van der Waals surface area contributed by atoms with Gasteiger partial charge in [-0.25, -0.2) is 0 Å². The summed E-state index contributed by atoms with van der Waals surface area (Å²) < 4.78 is 5.06. The zero-order chi connectivity index (χ0) is 15.1. The number of hydrogen-bond donors (Lipinski definition) is 2. The Kier molecular flexibility index (Phi) is 10.2. The number of hydrogen-bond acceptors (Lipinski definition) is 3. The molecule has 3 atom stereocenters. The molecule has 0 aliphatic rings. The molecule has 0 aromatic carbocycles. The molecule has 0 radical (unpaired) electrons. The quantitative estimate of drug-likeness (QED) is 0.334. The Hall–Kier alpha value is 1.47. The molecule has 0 saturated heterocycles. The van der Waals surface area contributed by atoms with Crippen molar-refractivity contribution in [2.24, 2.45) is 0 Å². The van der Waals surface area contributed by atoms with Crippen LogP contribution in [-0.4, -0.2) is 37.4 Å². The van der Waals surface area contributed by atoms with Crippen molar-refractivity contribution >= 4 is 55.0 Å². The summed E-state index contributed by atoms with van der Waals surface area (Å²) in [5.41, 5.74) is 0. The van der Waals surface area contributed by atoms with Crippen LogP contribution in [0.25, 0.3) is 0 Å². The van der Waals surface area contributed by atoms with E-state index in [1.807, 2.05) is 6.92 Å². The van der Waals surface area contributed by atoms with E-state index in [-0.39, 0.29) is 5.88 Å². The largest absolute Gasteiger partial charge is 0.328 e. The molecule has 0 aromatic heterocycles. The highest BCUT2D eigenvalue weighted by Crippen LogP contribution is 2.37. The maximum atomic E-state index is 8.96. The van der Waals surface area contributed by atoms with Gasteiger partial charge in [0.15, 0.2) is 0 Å². The molecular formula is C11H21Cl4O3P. The third-order valence-corrected chi connectivity index (χ3v) is 5.41. The minimum atomic E-state index is -2.45. The summed E-state index contributed by atoms with van der Waals surface area (Å²) in [4.78, 5) is 16.7. The third-order valence-electron chi connectivity index (χ3n) is 2.85. The molecule has 0 bridgehead atoms. The lowest BCUT2D eigenvalue weighted by atomic mass is 9.97. The predicted molar refractivity (Wildman–Crippen MR) is 84.7 cm³/mol. The summed E-state index contributed by atoms with van der Waals surface area (Å²) in [6, 6.07) is 0. The molecule has 0 saturated carbocycles. The molecule has 0 aliphatic heterocycles. The SMILES string of the molecule is CC(Cl)(CCl)CCCCC(OP(O)O)C(C)(Cl)CCl. The van der Waals surface area contributed by atoms with Crippen LogP contribution in [0.3, 0.4) is 0 Å². The first-order chi connectivity index (χ1) is 8.64. The van der Waals surface area contributed by atoms with Crippen LogP contribution in [0.1, 0.15) is 39.5 Å². The lowest BCUT2D eigenvalue weighted by Crippen LogP contribution is -2.37. The molecule has 0 spiro atoms. The Bertz CT molecular complexity index is 252. The second-order valence-corrected chi connectivity index (χ2v) is 8.08. The summed E-state index contributed by atoms with van der Waals surface area (Å²) >= 11 is 23.9. The van der Waals surface area contributed by atoms with Gasteiger partial charge in [-0.1, -0.05) is 12.8 Å². The van der Waals surface area contributed by atoms with E-state index in [2.05, 4.69) is 0 Å². The molecule has 0 aromatic rings. The fourth-order valence-corrected chi connectivity index (χ4v) is 2.77. The lowest BCUT2D eigenvalue weighted by molar-refractivity contribution is 0.130. The van der Waals surface area contributed by atoms with Gasteiger partial charge in [-0.15, -0.1) is 46.4 Å². The monoisotopic (exact) mass is 372 g/mol. The average molecular weight is 374 g/mol. The van der Waals surface area contributed by atoms with Crippen LogP contribution in [0.4, 0.5) is 0 Å². The normalized spacial score (nSPS) is 20.1. The van der Waals surface area contributed by atoms with Gasteiger partial charge < -0.3 is 14.3 Å². The van der Waals surface area contributed by atoms with Gasteiger partial charge in [0.05, 0.1) is 15.9 Å². The van der Waals surface area contributed by atoms with Crippen LogP contribution in [-0.2, 0) is 4.52 Å². The number of alkyl halides is 4. The standard InChI is InChI=1S/C11H21Cl4O3P/c1-10(14,7-12)6-4-3-5-9(18-19(16)17)11(2,15)8-13/h9,16-17H,3-8H2,1-2H3. The molecule has 0 aliphatic carbocycles. The second-order valence-electron chi connectivity index (χ2n) is 5.05. The molecule has 19 heavy (non-hydrogen) atoms. The number of halogens is 4. The van der Waals surface area contributed by atoms with E-state index in [0.717, 1.165) is 19.3 Å². The van der Waals surface area contributed by atoms with E-state index in [1.54, 1.807) is 6.92 Å². The Morgan fingerprint density at radius 2 is 1.68 bits per heavy atom. The minimum Gasteiger partial charge on any atom is -0.328 e. The van der Waals surface area contributed by atoms with E-state index in [1.165, 1.54) is 0 Å². The van der Waals surface area contributed by atoms with Crippen molar-refractivity contribution in [3.8, 4) is 0 Å². The summed E-state index contributed by atoms with van der Waals surface area (Å²) in [7, 11) is -2.45. The molecule has 116 valence electrons. The number of unbranched alkanes of at least 4 members (excludes halogenated alkanes) is 1. The van der Waals surface area contributed by atoms with Gasteiger partial charge in [0.2, 0.25) is 0 Å². The fraction of sp³-hybridized carbons (Fsp3) is 1.00. The Labute approximate surface area is 136 Å². The van der Waals surface area contributed by atoms with Gasteiger partial charge in [0.1, 0.15) is 0 Å². The van der Waals surface area contributed by atoms with Crippen molar-refractivity contribution in [1.29, 1.82) is 0 Å². The molecule has 0 fully saturated rings. The van der Waals surface area contributed by atoms with Gasteiger partial charge in [0, 0.05) is 11.8 Å². The van der Waals surface area contributed by atoms with Crippen molar-refractivity contribution in [2.75, 3.05) is 11.8 Å². The zero-order valence-electron chi connectivity index (χ0n) is 11.1. The topological polar surface area (TPSA) is 49.7 Å². The summed E-state index contributed by atoms with van der Waals surface area (Å²) in [6.07, 6.45) is 2.51. The second kappa shape index (κ2) is 9.48. The first-order valence-electron chi connectivity index (χ1n) is 5.99. The maximum absolute atomic E-state index is 8.96. The molecule has 2 N–H and O–H groups in total. The predicted octanol–water partition coefficient (Wildman–Crippen LogP) is 4.62.